The molecule has 0 aliphatic carbocycles. The maximum Gasteiger partial charge on any atom is 0.231 e. The Kier molecular flexibility index (Phi) is 3.81. The third kappa shape index (κ3) is 2.67. The van der Waals surface area contributed by atoms with Gasteiger partial charge in [-0.1, -0.05) is 6.07 Å². The third-order valence-corrected chi connectivity index (χ3v) is 2.68. The summed E-state index contributed by atoms with van der Waals surface area (Å²) < 4.78 is 10.5. The van der Waals surface area contributed by atoms with Crippen LogP contribution < -0.4 is 9.47 Å². The van der Waals surface area contributed by atoms with Gasteiger partial charge in [-0.15, -0.1) is 0 Å². The predicted molar refractivity (Wildman–Crippen MR) is 62.6 cm³/mol. The first kappa shape index (κ1) is 11.7. The van der Waals surface area contributed by atoms with Gasteiger partial charge in [-0.05, 0) is 37.0 Å². The molecule has 1 heterocycles. The molecule has 0 amide bonds. The van der Waals surface area contributed by atoms with Crippen LogP contribution in [0, 0.1) is 0 Å². The molecule has 17 heavy (non-hydrogen) atoms. The molecule has 0 bridgehead atoms. The molecule has 0 atom stereocenters. The molecule has 0 radical (unpaired) electrons. The number of hydrogen-bond donors (Lipinski definition) is 1. The van der Waals surface area contributed by atoms with Crippen LogP contribution >= 0.6 is 0 Å². The van der Waals surface area contributed by atoms with Gasteiger partial charge in [0.15, 0.2) is 11.5 Å². The smallest absolute Gasteiger partial charge is 0.231 e. The van der Waals surface area contributed by atoms with Gasteiger partial charge >= 0.3 is 0 Å². The lowest BCUT2D eigenvalue weighted by atomic mass is 10.0. The Bertz CT molecular complexity index is 447. The van der Waals surface area contributed by atoms with Crippen molar-refractivity contribution in [2.45, 2.75) is 19.3 Å². The summed E-state index contributed by atoms with van der Waals surface area (Å²) in [5.41, 5.74) is 1.42. The van der Waals surface area contributed by atoms with Gasteiger partial charge in [-0.3, -0.25) is 0 Å². The highest BCUT2D eigenvalue weighted by atomic mass is 16.7. The van der Waals surface area contributed by atoms with Crippen LogP contribution in [0.5, 0.6) is 11.5 Å². The van der Waals surface area contributed by atoms with E-state index >= 15 is 0 Å². The van der Waals surface area contributed by atoms with Crippen LogP contribution in [-0.2, 0) is 4.79 Å². The van der Waals surface area contributed by atoms with Gasteiger partial charge in [0.1, 0.15) is 5.94 Å². The quantitative estimate of drug-likeness (QED) is 0.623. The molecule has 0 saturated carbocycles. The SMILES string of the molecule is O=C=C(CCCCO)c1ccc2c(c1)OCO2. The van der Waals surface area contributed by atoms with Crippen LogP contribution in [-0.4, -0.2) is 24.4 Å². The van der Waals surface area contributed by atoms with Crippen molar-refractivity contribution < 1.29 is 19.4 Å². The van der Waals surface area contributed by atoms with Crippen molar-refractivity contribution in [2.24, 2.45) is 0 Å². The lowest BCUT2D eigenvalue weighted by Gasteiger charge is -2.04. The van der Waals surface area contributed by atoms with Crippen molar-refractivity contribution in [3.63, 3.8) is 0 Å². The highest BCUT2D eigenvalue weighted by Gasteiger charge is 2.14. The second-order valence-corrected chi connectivity index (χ2v) is 3.83. The van der Waals surface area contributed by atoms with Crippen LogP contribution in [0.2, 0.25) is 0 Å². The number of benzene rings is 1. The van der Waals surface area contributed by atoms with E-state index in [4.69, 9.17) is 14.6 Å². The Morgan fingerprint density at radius 2 is 2.12 bits per heavy atom. The highest BCUT2D eigenvalue weighted by Crippen LogP contribution is 2.34. The molecule has 4 nitrogen and oxygen atoms in total. The van der Waals surface area contributed by atoms with Gasteiger partial charge in [-0.25, -0.2) is 4.79 Å². The Hall–Kier alpha value is -1.77. The van der Waals surface area contributed by atoms with Gasteiger partial charge in [0.2, 0.25) is 6.79 Å². The highest BCUT2D eigenvalue weighted by molar-refractivity contribution is 5.88. The van der Waals surface area contributed by atoms with Gasteiger partial charge in [0.25, 0.3) is 0 Å². The molecule has 1 aliphatic heterocycles. The number of carbonyl (C=O) groups excluding carboxylic acids is 1. The predicted octanol–water partition coefficient (Wildman–Crippen LogP) is 1.79. The number of hydrogen-bond acceptors (Lipinski definition) is 4. The van der Waals surface area contributed by atoms with E-state index < -0.39 is 0 Å². The summed E-state index contributed by atoms with van der Waals surface area (Å²) in [6.45, 7) is 0.372. The minimum absolute atomic E-state index is 0.146. The van der Waals surface area contributed by atoms with E-state index in [1.54, 1.807) is 12.1 Å². The normalized spacial score (nSPS) is 12.3. The van der Waals surface area contributed by atoms with Gasteiger partial charge < -0.3 is 14.6 Å². The summed E-state index contributed by atoms with van der Waals surface area (Å²) in [6.07, 6.45) is 2.08. The van der Waals surface area contributed by atoms with Crippen LogP contribution in [0.3, 0.4) is 0 Å². The number of allylic oxidation sites excluding steroid dienone is 1. The molecule has 0 fully saturated rings. The van der Waals surface area contributed by atoms with Crippen molar-refractivity contribution >= 4 is 11.5 Å². The molecule has 1 aromatic rings. The molecule has 90 valence electrons. The number of fused-ring (bicyclic) bond motifs is 1. The zero-order valence-electron chi connectivity index (χ0n) is 9.44. The molecule has 2 rings (SSSR count). The molecule has 4 heteroatoms. The van der Waals surface area contributed by atoms with Crippen molar-refractivity contribution in [3.8, 4) is 11.5 Å². The zero-order valence-corrected chi connectivity index (χ0v) is 9.44. The van der Waals surface area contributed by atoms with E-state index in [2.05, 4.69) is 0 Å². The molecule has 1 N–H and O–H groups in total. The number of ether oxygens (including phenoxy) is 2. The minimum atomic E-state index is 0.146. The number of unbranched alkanes of at least 4 members (excludes halogenated alkanes) is 1. The first-order chi connectivity index (χ1) is 8.35. The Balaban J connectivity index is 2.12. The summed E-state index contributed by atoms with van der Waals surface area (Å²) in [7, 11) is 0. The first-order valence-corrected chi connectivity index (χ1v) is 5.60. The molecule has 0 aromatic heterocycles. The second-order valence-electron chi connectivity index (χ2n) is 3.83. The van der Waals surface area contributed by atoms with Crippen LogP contribution in [0.4, 0.5) is 0 Å². The van der Waals surface area contributed by atoms with E-state index in [0.29, 0.717) is 29.9 Å². The molecule has 0 saturated heterocycles. The minimum Gasteiger partial charge on any atom is -0.454 e. The fourth-order valence-electron chi connectivity index (χ4n) is 1.75. The Morgan fingerprint density at radius 3 is 2.88 bits per heavy atom. The van der Waals surface area contributed by atoms with Crippen LogP contribution in [0.15, 0.2) is 18.2 Å². The van der Waals surface area contributed by atoms with Gasteiger partial charge in [0.05, 0.1) is 0 Å². The molecule has 1 aliphatic rings. The zero-order chi connectivity index (χ0) is 12.1. The molecule has 0 spiro atoms. The third-order valence-electron chi connectivity index (χ3n) is 2.68. The topological polar surface area (TPSA) is 55.8 Å². The standard InChI is InChI=1S/C13H14O4/c14-6-2-1-3-11(8-15)10-4-5-12-13(7-10)17-9-16-12/h4-5,7,14H,1-3,6,9H2. The maximum absolute atomic E-state index is 10.9. The summed E-state index contributed by atoms with van der Waals surface area (Å²) in [5.74, 6) is 3.32. The summed E-state index contributed by atoms with van der Waals surface area (Å²) in [4.78, 5) is 10.9. The average molecular weight is 234 g/mol. The van der Waals surface area contributed by atoms with Crippen molar-refractivity contribution in [2.75, 3.05) is 13.4 Å². The number of aliphatic hydroxyl groups excluding tert-OH is 1. The summed E-state index contributed by atoms with van der Waals surface area (Å²) in [5, 5.41) is 8.70. The number of rotatable bonds is 5. The lowest BCUT2D eigenvalue weighted by Crippen LogP contribution is -1.93. The summed E-state index contributed by atoms with van der Waals surface area (Å²) in [6, 6.07) is 5.41. The van der Waals surface area contributed by atoms with Crippen molar-refractivity contribution in [1.82, 2.24) is 0 Å². The molecular weight excluding hydrogens is 220 g/mol. The molecular formula is C13H14O4. The first-order valence-electron chi connectivity index (χ1n) is 5.60. The largest absolute Gasteiger partial charge is 0.454 e. The van der Waals surface area contributed by atoms with Gasteiger partial charge in [-0.2, -0.15) is 0 Å². The van der Waals surface area contributed by atoms with Gasteiger partial charge in [0, 0.05) is 12.2 Å². The molecule has 1 aromatic carbocycles. The fourth-order valence-corrected chi connectivity index (χ4v) is 1.75. The maximum atomic E-state index is 10.9. The fraction of sp³-hybridized carbons (Fsp3) is 0.385. The lowest BCUT2D eigenvalue weighted by molar-refractivity contribution is 0.174. The van der Waals surface area contributed by atoms with Crippen molar-refractivity contribution in [1.29, 1.82) is 0 Å². The van der Waals surface area contributed by atoms with Crippen LogP contribution in [0.1, 0.15) is 24.8 Å². The Morgan fingerprint density at radius 1 is 1.29 bits per heavy atom. The average Bonchev–Trinajstić information content (AvgIpc) is 2.82. The summed E-state index contributed by atoms with van der Waals surface area (Å²) >= 11 is 0. The van der Waals surface area contributed by atoms with E-state index in [9.17, 15) is 4.79 Å². The van der Waals surface area contributed by atoms with E-state index in [1.165, 1.54) is 0 Å². The van der Waals surface area contributed by atoms with Crippen LogP contribution in [0.25, 0.3) is 5.57 Å². The second kappa shape index (κ2) is 5.53. The molecule has 0 unspecified atom stereocenters. The van der Waals surface area contributed by atoms with E-state index in [-0.39, 0.29) is 13.4 Å². The van der Waals surface area contributed by atoms with E-state index in [0.717, 1.165) is 12.0 Å². The van der Waals surface area contributed by atoms with E-state index in [1.807, 2.05) is 12.0 Å². The van der Waals surface area contributed by atoms with Crippen molar-refractivity contribution in [3.05, 3.63) is 23.8 Å². The number of aliphatic hydroxyl groups is 1. The Labute approximate surface area is 99.5 Å². The monoisotopic (exact) mass is 234 g/mol.